The van der Waals surface area contributed by atoms with Crippen molar-refractivity contribution in [3.8, 4) is 0 Å². The molecule has 1 aromatic carbocycles. The SMILES string of the molecule is CC(CO)c1cc([N+](=O)[O-])cc(C(C)(C)C)c1. The first-order valence-electron chi connectivity index (χ1n) is 5.66. The van der Waals surface area contributed by atoms with Crippen LogP contribution < -0.4 is 0 Å². The Morgan fingerprint density at radius 3 is 2.35 bits per heavy atom. The third kappa shape index (κ3) is 3.27. The zero-order valence-corrected chi connectivity index (χ0v) is 10.7. The van der Waals surface area contributed by atoms with Crippen LogP contribution in [-0.2, 0) is 5.41 Å². The molecular weight excluding hydrogens is 218 g/mol. The molecule has 0 aromatic heterocycles. The van der Waals surface area contributed by atoms with Crippen molar-refractivity contribution >= 4 is 5.69 Å². The molecule has 0 bridgehead atoms. The van der Waals surface area contributed by atoms with E-state index >= 15 is 0 Å². The summed E-state index contributed by atoms with van der Waals surface area (Å²) in [5, 5.41) is 20.0. The molecule has 0 radical (unpaired) electrons. The highest BCUT2D eigenvalue weighted by Gasteiger charge is 2.20. The summed E-state index contributed by atoms with van der Waals surface area (Å²) in [6.07, 6.45) is 0. The van der Waals surface area contributed by atoms with Crippen LogP contribution in [0.25, 0.3) is 0 Å². The molecule has 0 saturated heterocycles. The second kappa shape index (κ2) is 4.84. The highest BCUT2D eigenvalue weighted by molar-refractivity contribution is 5.43. The number of aliphatic hydroxyl groups excluding tert-OH is 1. The first-order valence-corrected chi connectivity index (χ1v) is 5.66. The number of aliphatic hydroxyl groups is 1. The Balaban J connectivity index is 3.34. The average Bonchev–Trinajstić information content (AvgIpc) is 2.26. The second-order valence-corrected chi connectivity index (χ2v) is 5.40. The van der Waals surface area contributed by atoms with Crippen molar-refractivity contribution in [1.82, 2.24) is 0 Å². The largest absolute Gasteiger partial charge is 0.396 e. The number of non-ortho nitro benzene ring substituents is 1. The molecule has 0 fully saturated rings. The zero-order chi connectivity index (χ0) is 13.2. The summed E-state index contributed by atoms with van der Waals surface area (Å²) in [5.41, 5.74) is 1.68. The first kappa shape index (κ1) is 13.6. The predicted molar refractivity (Wildman–Crippen MR) is 67.3 cm³/mol. The minimum absolute atomic E-state index is 0.00918. The maximum absolute atomic E-state index is 10.9. The van der Waals surface area contributed by atoms with Crippen molar-refractivity contribution in [1.29, 1.82) is 0 Å². The fourth-order valence-corrected chi connectivity index (χ4v) is 1.56. The summed E-state index contributed by atoms with van der Waals surface area (Å²) in [4.78, 5) is 10.5. The summed E-state index contributed by atoms with van der Waals surface area (Å²) in [6.45, 7) is 7.88. The quantitative estimate of drug-likeness (QED) is 0.649. The van der Waals surface area contributed by atoms with E-state index in [9.17, 15) is 10.1 Å². The number of hydrogen-bond acceptors (Lipinski definition) is 3. The smallest absolute Gasteiger partial charge is 0.270 e. The van der Waals surface area contributed by atoms with Crippen LogP contribution in [0.2, 0.25) is 0 Å². The molecule has 0 amide bonds. The van der Waals surface area contributed by atoms with Gasteiger partial charge in [-0.1, -0.05) is 33.8 Å². The van der Waals surface area contributed by atoms with E-state index < -0.39 is 0 Å². The van der Waals surface area contributed by atoms with Crippen LogP contribution in [0.15, 0.2) is 18.2 Å². The second-order valence-electron chi connectivity index (χ2n) is 5.40. The van der Waals surface area contributed by atoms with E-state index in [-0.39, 0.29) is 28.6 Å². The van der Waals surface area contributed by atoms with Crippen molar-refractivity contribution in [2.45, 2.75) is 39.0 Å². The Kier molecular flexibility index (Phi) is 3.88. The van der Waals surface area contributed by atoms with Crippen LogP contribution in [0.1, 0.15) is 44.7 Å². The van der Waals surface area contributed by atoms with Gasteiger partial charge < -0.3 is 5.11 Å². The molecule has 0 heterocycles. The Morgan fingerprint density at radius 1 is 1.35 bits per heavy atom. The van der Waals surface area contributed by atoms with Crippen molar-refractivity contribution in [3.05, 3.63) is 39.4 Å². The molecule has 4 heteroatoms. The molecule has 0 aliphatic carbocycles. The van der Waals surface area contributed by atoms with Crippen molar-refractivity contribution in [2.24, 2.45) is 0 Å². The van der Waals surface area contributed by atoms with Crippen LogP contribution >= 0.6 is 0 Å². The number of nitrogens with zero attached hydrogens (tertiary/aromatic N) is 1. The molecule has 17 heavy (non-hydrogen) atoms. The third-order valence-electron chi connectivity index (χ3n) is 2.86. The van der Waals surface area contributed by atoms with E-state index in [4.69, 9.17) is 5.11 Å². The molecule has 1 N–H and O–H groups in total. The first-order chi connectivity index (χ1) is 7.75. The lowest BCUT2D eigenvalue weighted by molar-refractivity contribution is -0.385. The number of hydrogen-bond donors (Lipinski definition) is 1. The van der Waals surface area contributed by atoms with Crippen LogP contribution in [0.3, 0.4) is 0 Å². The van der Waals surface area contributed by atoms with Gasteiger partial charge in [-0.3, -0.25) is 10.1 Å². The molecular formula is C13H19NO3. The van der Waals surface area contributed by atoms with Crippen molar-refractivity contribution in [3.63, 3.8) is 0 Å². The predicted octanol–water partition coefficient (Wildman–Crippen LogP) is 2.99. The van der Waals surface area contributed by atoms with Gasteiger partial charge in [0.2, 0.25) is 0 Å². The molecule has 0 aliphatic rings. The summed E-state index contributed by atoms with van der Waals surface area (Å²) < 4.78 is 0. The fourth-order valence-electron chi connectivity index (χ4n) is 1.56. The van der Waals surface area contributed by atoms with Crippen molar-refractivity contribution < 1.29 is 10.0 Å². The Morgan fingerprint density at radius 2 is 1.94 bits per heavy atom. The molecule has 1 atom stereocenters. The molecule has 0 aliphatic heterocycles. The molecule has 4 nitrogen and oxygen atoms in total. The zero-order valence-electron chi connectivity index (χ0n) is 10.7. The number of benzene rings is 1. The van der Waals surface area contributed by atoms with Crippen LogP contribution in [-0.4, -0.2) is 16.6 Å². The number of nitro groups is 1. The molecule has 0 spiro atoms. The van der Waals surface area contributed by atoms with E-state index in [0.717, 1.165) is 11.1 Å². The minimum Gasteiger partial charge on any atom is -0.396 e. The van der Waals surface area contributed by atoms with Crippen LogP contribution in [0.5, 0.6) is 0 Å². The van der Waals surface area contributed by atoms with Gasteiger partial charge in [0.15, 0.2) is 0 Å². The third-order valence-corrected chi connectivity index (χ3v) is 2.86. The summed E-state index contributed by atoms with van der Waals surface area (Å²) in [5.74, 6) is -0.0870. The topological polar surface area (TPSA) is 63.4 Å². The standard InChI is InChI=1S/C13H19NO3/c1-9(8-15)10-5-11(13(2,3)4)7-12(6-10)14(16)17/h5-7,9,15H,8H2,1-4H3. The summed E-state index contributed by atoms with van der Waals surface area (Å²) in [6, 6.07) is 5.08. The van der Waals surface area contributed by atoms with E-state index in [0.29, 0.717) is 0 Å². The van der Waals surface area contributed by atoms with Gasteiger partial charge in [0.05, 0.1) is 4.92 Å². The number of rotatable bonds is 3. The van der Waals surface area contributed by atoms with E-state index in [1.54, 1.807) is 6.07 Å². The molecule has 94 valence electrons. The maximum Gasteiger partial charge on any atom is 0.270 e. The van der Waals surface area contributed by atoms with Gasteiger partial charge in [-0.25, -0.2) is 0 Å². The lowest BCUT2D eigenvalue weighted by Gasteiger charge is -2.21. The molecule has 1 unspecified atom stereocenters. The normalized spacial score (nSPS) is 13.5. The summed E-state index contributed by atoms with van der Waals surface area (Å²) in [7, 11) is 0. The van der Waals surface area contributed by atoms with Crippen LogP contribution in [0, 0.1) is 10.1 Å². The highest BCUT2D eigenvalue weighted by Crippen LogP contribution is 2.30. The van der Waals surface area contributed by atoms with Crippen molar-refractivity contribution in [2.75, 3.05) is 6.61 Å². The van der Waals surface area contributed by atoms with Gasteiger partial charge in [0.25, 0.3) is 5.69 Å². The molecule has 1 rings (SSSR count). The highest BCUT2D eigenvalue weighted by atomic mass is 16.6. The van der Waals surface area contributed by atoms with Gasteiger partial charge in [0, 0.05) is 24.7 Å². The van der Waals surface area contributed by atoms with Gasteiger partial charge in [-0.2, -0.15) is 0 Å². The van der Waals surface area contributed by atoms with E-state index in [2.05, 4.69) is 0 Å². The lowest BCUT2D eigenvalue weighted by atomic mass is 9.84. The Bertz CT molecular complexity index is 421. The Hall–Kier alpha value is -1.42. The van der Waals surface area contributed by atoms with E-state index in [1.807, 2.05) is 33.8 Å². The maximum atomic E-state index is 10.9. The summed E-state index contributed by atoms with van der Waals surface area (Å²) >= 11 is 0. The van der Waals surface area contributed by atoms with Gasteiger partial charge >= 0.3 is 0 Å². The van der Waals surface area contributed by atoms with Gasteiger partial charge in [-0.05, 0) is 16.5 Å². The van der Waals surface area contributed by atoms with E-state index in [1.165, 1.54) is 6.07 Å². The minimum atomic E-state index is -0.386. The lowest BCUT2D eigenvalue weighted by Crippen LogP contribution is -2.13. The fraction of sp³-hybridized carbons (Fsp3) is 0.538. The average molecular weight is 237 g/mol. The molecule has 1 aromatic rings. The van der Waals surface area contributed by atoms with Gasteiger partial charge in [-0.15, -0.1) is 0 Å². The van der Waals surface area contributed by atoms with Crippen LogP contribution in [0.4, 0.5) is 5.69 Å². The number of nitro benzene ring substituents is 1. The molecule has 0 saturated carbocycles. The Labute approximate surface area is 101 Å². The monoisotopic (exact) mass is 237 g/mol. The van der Waals surface area contributed by atoms with Gasteiger partial charge in [0.1, 0.15) is 0 Å².